The normalized spacial score (nSPS) is 15.1. The van der Waals surface area contributed by atoms with Crippen LogP contribution >= 0.6 is 0 Å². The summed E-state index contributed by atoms with van der Waals surface area (Å²) in [4.78, 5) is 65.3. The Morgan fingerprint density at radius 1 is 0.889 bits per heavy atom. The van der Waals surface area contributed by atoms with E-state index in [0.29, 0.717) is 12.8 Å². The van der Waals surface area contributed by atoms with Crippen LogP contribution in [-0.4, -0.2) is 71.4 Å². The van der Waals surface area contributed by atoms with Gasteiger partial charge in [-0.25, -0.2) is 4.79 Å². The van der Waals surface area contributed by atoms with Crippen molar-refractivity contribution in [2.24, 2.45) is 39.8 Å². The first-order valence-corrected chi connectivity index (χ1v) is 11.9. The lowest BCUT2D eigenvalue weighted by atomic mass is 9.96. The second kappa shape index (κ2) is 16.3. The molecule has 0 saturated heterocycles. The van der Waals surface area contributed by atoms with Gasteiger partial charge in [-0.1, -0.05) is 34.1 Å². The number of carboxylic acids is 1. The number of carbonyl (C=O) groups excluding carboxylic acids is 4. The van der Waals surface area contributed by atoms with Gasteiger partial charge in [-0.15, -0.1) is 0 Å². The maximum absolute atomic E-state index is 13.0. The maximum Gasteiger partial charge on any atom is 0.326 e. The Labute approximate surface area is 211 Å². The van der Waals surface area contributed by atoms with Crippen LogP contribution in [0.4, 0.5) is 0 Å². The Morgan fingerprint density at radius 2 is 1.47 bits per heavy atom. The van der Waals surface area contributed by atoms with Crippen molar-refractivity contribution in [1.82, 2.24) is 16.0 Å². The van der Waals surface area contributed by atoms with Crippen molar-refractivity contribution in [2.75, 3.05) is 6.54 Å². The first-order chi connectivity index (χ1) is 16.7. The fourth-order valence-corrected chi connectivity index (χ4v) is 3.25. The van der Waals surface area contributed by atoms with E-state index in [0.717, 1.165) is 0 Å². The molecule has 5 unspecified atom stereocenters. The second-order valence-electron chi connectivity index (χ2n) is 9.19. The van der Waals surface area contributed by atoms with E-state index in [9.17, 15) is 29.1 Å². The lowest BCUT2D eigenvalue weighted by Crippen LogP contribution is -2.59. The molecule has 0 fully saturated rings. The number of hydrogen-bond acceptors (Lipinski definition) is 7. The van der Waals surface area contributed by atoms with Gasteiger partial charge in [0.15, 0.2) is 5.96 Å². The molecular formula is C22H42N8O6. The van der Waals surface area contributed by atoms with Crippen molar-refractivity contribution in [1.29, 1.82) is 0 Å². The number of amides is 4. The van der Waals surface area contributed by atoms with Crippen LogP contribution in [-0.2, 0) is 24.0 Å². The minimum atomic E-state index is -1.39. The van der Waals surface area contributed by atoms with Gasteiger partial charge in [-0.3, -0.25) is 24.2 Å². The van der Waals surface area contributed by atoms with Crippen molar-refractivity contribution in [3.63, 3.8) is 0 Å². The molecule has 0 rings (SSSR count). The topological polar surface area (TPSA) is 258 Å². The SMILES string of the molecule is CCC(C)C(NC(=O)C(CC(N)=O)NC(=O)C(N)CCCN=C(N)N)C(=O)NC(CC(C)C)C(=O)O. The van der Waals surface area contributed by atoms with E-state index < -0.39 is 60.2 Å². The number of carbonyl (C=O) groups is 5. The molecule has 4 amide bonds. The van der Waals surface area contributed by atoms with Crippen molar-refractivity contribution in [3.8, 4) is 0 Å². The van der Waals surface area contributed by atoms with Crippen LogP contribution in [0.3, 0.4) is 0 Å². The summed E-state index contributed by atoms with van der Waals surface area (Å²) >= 11 is 0. The highest BCUT2D eigenvalue weighted by molar-refractivity contribution is 5.96. The molecule has 0 aromatic rings. The molecular weight excluding hydrogens is 472 g/mol. The monoisotopic (exact) mass is 514 g/mol. The van der Waals surface area contributed by atoms with Gasteiger partial charge in [0.1, 0.15) is 18.1 Å². The highest BCUT2D eigenvalue weighted by Crippen LogP contribution is 2.11. The van der Waals surface area contributed by atoms with Gasteiger partial charge in [0.05, 0.1) is 12.5 Å². The molecule has 0 spiro atoms. The summed E-state index contributed by atoms with van der Waals surface area (Å²) in [6.07, 6.45) is 0.754. The Kier molecular flexibility index (Phi) is 14.7. The Hall–Kier alpha value is -3.42. The van der Waals surface area contributed by atoms with Crippen LogP contribution in [0.5, 0.6) is 0 Å². The zero-order valence-electron chi connectivity index (χ0n) is 21.5. The summed E-state index contributed by atoms with van der Waals surface area (Å²) in [5, 5.41) is 16.8. The molecule has 206 valence electrons. The number of aliphatic carboxylic acids is 1. The summed E-state index contributed by atoms with van der Waals surface area (Å²) < 4.78 is 0. The third kappa shape index (κ3) is 12.9. The van der Waals surface area contributed by atoms with E-state index in [2.05, 4.69) is 20.9 Å². The number of nitrogens with zero attached hydrogens (tertiary/aromatic N) is 1. The Bertz CT molecular complexity index is 799. The van der Waals surface area contributed by atoms with E-state index in [1.807, 2.05) is 13.8 Å². The molecule has 14 nitrogen and oxygen atoms in total. The van der Waals surface area contributed by atoms with E-state index >= 15 is 0 Å². The molecule has 0 bridgehead atoms. The third-order valence-electron chi connectivity index (χ3n) is 5.46. The maximum atomic E-state index is 13.0. The van der Waals surface area contributed by atoms with Crippen LogP contribution in [0.1, 0.15) is 59.8 Å². The zero-order valence-corrected chi connectivity index (χ0v) is 21.5. The van der Waals surface area contributed by atoms with Crippen molar-refractivity contribution >= 4 is 35.6 Å². The number of rotatable bonds is 17. The van der Waals surface area contributed by atoms with E-state index in [4.69, 9.17) is 22.9 Å². The van der Waals surface area contributed by atoms with Gasteiger partial charge in [0.25, 0.3) is 0 Å². The molecule has 0 aromatic heterocycles. The molecule has 0 saturated carbocycles. The second-order valence-corrected chi connectivity index (χ2v) is 9.19. The number of nitrogens with one attached hydrogen (secondary N) is 3. The smallest absolute Gasteiger partial charge is 0.326 e. The molecule has 0 radical (unpaired) electrons. The quantitative estimate of drug-likeness (QED) is 0.0598. The number of aliphatic imine (C=N–C) groups is 1. The van der Waals surface area contributed by atoms with Crippen LogP contribution in [0.2, 0.25) is 0 Å². The fourth-order valence-electron chi connectivity index (χ4n) is 3.25. The van der Waals surface area contributed by atoms with Crippen LogP contribution in [0, 0.1) is 11.8 Å². The van der Waals surface area contributed by atoms with Crippen LogP contribution in [0.25, 0.3) is 0 Å². The minimum Gasteiger partial charge on any atom is -0.480 e. The third-order valence-corrected chi connectivity index (χ3v) is 5.46. The summed E-state index contributed by atoms with van der Waals surface area (Å²) in [6.45, 7) is 7.40. The molecule has 14 heteroatoms. The molecule has 12 N–H and O–H groups in total. The predicted molar refractivity (Wildman–Crippen MR) is 134 cm³/mol. The summed E-state index contributed by atoms with van der Waals surface area (Å²) in [7, 11) is 0. The molecule has 0 aliphatic rings. The van der Waals surface area contributed by atoms with Crippen molar-refractivity contribution < 1.29 is 29.1 Å². The fraction of sp³-hybridized carbons (Fsp3) is 0.727. The number of carboxylic acid groups (broad SMARTS) is 1. The first-order valence-electron chi connectivity index (χ1n) is 11.9. The van der Waals surface area contributed by atoms with E-state index in [1.54, 1.807) is 13.8 Å². The lowest BCUT2D eigenvalue weighted by molar-refractivity contribution is -0.143. The van der Waals surface area contributed by atoms with E-state index in [-0.39, 0.29) is 37.2 Å². The molecule has 36 heavy (non-hydrogen) atoms. The molecule has 0 aromatic carbocycles. The number of primary amides is 1. The minimum absolute atomic E-state index is 0.00173. The number of guanidine groups is 1. The lowest BCUT2D eigenvalue weighted by Gasteiger charge is -2.28. The van der Waals surface area contributed by atoms with Gasteiger partial charge in [0.2, 0.25) is 23.6 Å². The van der Waals surface area contributed by atoms with Gasteiger partial charge < -0.3 is 44.0 Å². The van der Waals surface area contributed by atoms with Gasteiger partial charge in [-0.05, 0) is 31.1 Å². The summed E-state index contributed by atoms with van der Waals surface area (Å²) in [5.41, 5.74) is 21.6. The number of hydrogen-bond donors (Lipinski definition) is 8. The summed E-state index contributed by atoms with van der Waals surface area (Å²) in [5.74, 6) is -4.74. The van der Waals surface area contributed by atoms with Crippen LogP contribution < -0.4 is 38.9 Å². The molecule has 0 aliphatic heterocycles. The summed E-state index contributed by atoms with van der Waals surface area (Å²) in [6, 6.07) is -4.65. The largest absolute Gasteiger partial charge is 0.480 e. The molecule has 5 atom stereocenters. The standard InChI is InChI=1S/C22H42N8O6/c1-5-12(4)17(20(34)29-15(21(35)36)9-11(2)3)30-19(33)14(10-16(24)31)28-18(32)13(23)7-6-8-27-22(25)26/h11-15,17H,5-10,23H2,1-4H3,(H2,24,31)(H,28,32)(H,29,34)(H,30,33)(H,35,36)(H4,25,26,27). The van der Waals surface area contributed by atoms with E-state index in [1.165, 1.54) is 0 Å². The molecule has 0 aliphatic carbocycles. The highest BCUT2D eigenvalue weighted by Gasteiger charge is 2.33. The van der Waals surface area contributed by atoms with Gasteiger partial charge >= 0.3 is 5.97 Å². The average molecular weight is 515 g/mol. The van der Waals surface area contributed by atoms with Crippen molar-refractivity contribution in [2.45, 2.75) is 84.0 Å². The Morgan fingerprint density at radius 3 is 1.94 bits per heavy atom. The van der Waals surface area contributed by atoms with Gasteiger partial charge in [0, 0.05) is 6.54 Å². The van der Waals surface area contributed by atoms with Crippen molar-refractivity contribution in [3.05, 3.63) is 0 Å². The Balaban J connectivity index is 5.47. The first kappa shape index (κ1) is 32.6. The molecule has 0 heterocycles. The number of nitrogens with two attached hydrogens (primary N) is 4. The van der Waals surface area contributed by atoms with Gasteiger partial charge in [-0.2, -0.15) is 0 Å². The van der Waals surface area contributed by atoms with Crippen LogP contribution in [0.15, 0.2) is 4.99 Å². The predicted octanol–water partition coefficient (Wildman–Crippen LogP) is -2.13. The zero-order chi connectivity index (χ0) is 28.0. The average Bonchev–Trinajstić information content (AvgIpc) is 2.77. The highest BCUT2D eigenvalue weighted by atomic mass is 16.4.